The summed E-state index contributed by atoms with van der Waals surface area (Å²) in [5.41, 5.74) is 7.87. The van der Waals surface area contributed by atoms with E-state index in [4.69, 9.17) is 10.3 Å². The lowest BCUT2D eigenvalue weighted by molar-refractivity contribution is 0.367. The Balaban J connectivity index is 2.60. The highest BCUT2D eigenvalue weighted by atomic mass is 16.5. The summed E-state index contributed by atoms with van der Waals surface area (Å²) in [5, 5.41) is 3.92. The highest BCUT2D eigenvalue weighted by molar-refractivity contribution is 5.37. The molecule has 74 valence electrons. The van der Waals surface area contributed by atoms with Crippen molar-refractivity contribution < 1.29 is 4.52 Å². The van der Waals surface area contributed by atoms with E-state index in [2.05, 4.69) is 25.9 Å². The van der Waals surface area contributed by atoms with Crippen molar-refractivity contribution in [3.05, 3.63) is 11.3 Å². The molecule has 0 saturated heterocycles. The van der Waals surface area contributed by atoms with Crippen LogP contribution in [0.3, 0.4) is 0 Å². The van der Waals surface area contributed by atoms with Crippen molar-refractivity contribution in [1.82, 2.24) is 5.16 Å². The van der Waals surface area contributed by atoms with Crippen molar-refractivity contribution in [1.29, 1.82) is 0 Å². The van der Waals surface area contributed by atoms with Crippen molar-refractivity contribution in [3.8, 4) is 0 Å². The third-order valence-corrected chi connectivity index (χ3v) is 2.17. The summed E-state index contributed by atoms with van der Waals surface area (Å²) < 4.78 is 4.89. The first-order chi connectivity index (χ1) is 5.90. The second-order valence-electron chi connectivity index (χ2n) is 4.68. The molecule has 0 aliphatic carbocycles. The predicted octanol–water partition coefficient (Wildman–Crippen LogP) is 2.54. The minimum Gasteiger partial charge on any atom is -0.367 e. The molecule has 1 rings (SSSR count). The van der Waals surface area contributed by atoms with Gasteiger partial charge in [-0.3, -0.25) is 0 Å². The number of hydrogen-bond acceptors (Lipinski definition) is 3. The molecule has 1 aromatic heterocycles. The minimum atomic E-state index is 0.333. The maximum Gasteiger partial charge on any atom is 0.225 e. The van der Waals surface area contributed by atoms with Crippen LogP contribution in [0.4, 0.5) is 5.88 Å². The summed E-state index contributed by atoms with van der Waals surface area (Å²) in [4.78, 5) is 0. The molecule has 0 bridgehead atoms. The van der Waals surface area contributed by atoms with Crippen LogP contribution < -0.4 is 5.73 Å². The molecule has 0 spiro atoms. The van der Waals surface area contributed by atoms with Gasteiger partial charge in [-0.25, -0.2) is 0 Å². The van der Waals surface area contributed by atoms with Crippen LogP contribution in [0.2, 0.25) is 0 Å². The van der Waals surface area contributed by atoms with Gasteiger partial charge in [-0.1, -0.05) is 25.9 Å². The molecule has 2 N–H and O–H groups in total. The van der Waals surface area contributed by atoms with Crippen LogP contribution in [0.5, 0.6) is 0 Å². The second-order valence-corrected chi connectivity index (χ2v) is 4.68. The maximum absolute atomic E-state index is 5.55. The van der Waals surface area contributed by atoms with Crippen LogP contribution in [0.15, 0.2) is 4.52 Å². The Morgan fingerprint density at radius 2 is 2.00 bits per heavy atom. The lowest BCUT2D eigenvalue weighted by atomic mass is 9.89. The first-order valence-corrected chi connectivity index (χ1v) is 4.61. The zero-order valence-electron chi connectivity index (χ0n) is 8.85. The SMILES string of the molecule is Cc1c(CCC(C)(C)C)noc1N. The zero-order valence-corrected chi connectivity index (χ0v) is 8.85. The molecule has 0 unspecified atom stereocenters. The van der Waals surface area contributed by atoms with Gasteiger partial charge in [0.2, 0.25) is 5.88 Å². The Bertz CT molecular complexity index is 284. The topological polar surface area (TPSA) is 52.0 Å². The van der Waals surface area contributed by atoms with Crippen LogP contribution in [-0.4, -0.2) is 5.16 Å². The third-order valence-electron chi connectivity index (χ3n) is 2.17. The van der Waals surface area contributed by atoms with E-state index in [0.29, 0.717) is 11.3 Å². The third kappa shape index (κ3) is 2.76. The Morgan fingerprint density at radius 3 is 2.38 bits per heavy atom. The highest BCUT2D eigenvalue weighted by Gasteiger charge is 2.14. The summed E-state index contributed by atoms with van der Waals surface area (Å²) >= 11 is 0. The molecule has 0 atom stereocenters. The van der Waals surface area contributed by atoms with Crippen LogP contribution in [0, 0.1) is 12.3 Å². The average Bonchev–Trinajstić information content (AvgIpc) is 2.29. The number of hydrogen-bond donors (Lipinski definition) is 1. The summed E-state index contributed by atoms with van der Waals surface area (Å²) in [5.74, 6) is 0.448. The minimum absolute atomic E-state index is 0.333. The lowest BCUT2D eigenvalue weighted by Crippen LogP contribution is -2.07. The Hall–Kier alpha value is -0.990. The molecular formula is C10H18N2O. The molecule has 3 heteroatoms. The van der Waals surface area contributed by atoms with E-state index in [0.717, 1.165) is 24.1 Å². The molecule has 0 fully saturated rings. The van der Waals surface area contributed by atoms with E-state index in [1.54, 1.807) is 0 Å². The maximum atomic E-state index is 5.55. The highest BCUT2D eigenvalue weighted by Crippen LogP contribution is 2.23. The van der Waals surface area contributed by atoms with Crippen LogP contribution >= 0.6 is 0 Å². The quantitative estimate of drug-likeness (QED) is 0.764. The van der Waals surface area contributed by atoms with E-state index in [-0.39, 0.29) is 0 Å². The van der Waals surface area contributed by atoms with Gasteiger partial charge in [0.1, 0.15) is 0 Å². The smallest absolute Gasteiger partial charge is 0.225 e. The molecule has 0 aromatic carbocycles. The Morgan fingerprint density at radius 1 is 1.38 bits per heavy atom. The number of nitrogens with zero attached hydrogens (tertiary/aromatic N) is 1. The monoisotopic (exact) mass is 182 g/mol. The van der Waals surface area contributed by atoms with Gasteiger partial charge in [0.15, 0.2) is 0 Å². The number of aryl methyl sites for hydroxylation is 1. The zero-order chi connectivity index (χ0) is 10.1. The normalized spacial score (nSPS) is 12.0. The molecule has 1 heterocycles. The molecular weight excluding hydrogens is 164 g/mol. The van der Waals surface area contributed by atoms with Gasteiger partial charge < -0.3 is 10.3 Å². The van der Waals surface area contributed by atoms with E-state index in [1.807, 2.05) is 6.92 Å². The Labute approximate surface area is 79.3 Å². The van der Waals surface area contributed by atoms with Crippen LogP contribution in [0.25, 0.3) is 0 Å². The van der Waals surface area contributed by atoms with Gasteiger partial charge in [0, 0.05) is 5.56 Å². The van der Waals surface area contributed by atoms with Crippen molar-refractivity contribution in [2.45, 2.75) is 40.5 Å². The molecule has 13 heavy (non-hydrogen) atoms. The molecule has 1 aromatic rings. The first kappa shape index (κ1) is 10.1. The second kappa shape index (κ2) is 3.40. The standard InChI is InChI=1S/C10H18N2O/c1-7-8(12-13-9(7)11)5-6-10(2,3)4/h5-6,11H2,1-4H3. The fourth-order valence-electron chi connectivity index (χ4n) is 1.11. The number of nitrogens with two attached hydrogens (primary N) is 1. The van der Waals surface area contributed by atoms with E-state index in [9.17, 15) is 0 Å². The van der Waals surface area contributed by atoms with Crippen molar-refractivity contribution >= 4 is 5.88 Å². The molecule has 0 aliphatic rings. The van der Waals surface area contributed by atoms with Gasteiger partial charge >= 0.3 is 0 Å². The lowest BCUT2D eigenvalue weighted by Gasteiger charge is -2.16. The Kier molecular flexibility index (Phi) is 2.64. The van der Waals surface area contributed by atoms with Crippen molar-refractivity contribution in [2.24, 2.45) is 5.41 Å². The first-order valence-electron chi connectivity index (χ1n) is 4.61. The molecule has 0 saturated carbocycles. The predicted molar refractivity (Wildman–Crippen MR) is 53.4 cm³/mol. The number of nitrogen functional groups attached to an aromatic ring is 1. The van der Waals surface area contributed by atoms with E-state index in [1.165, 1.54) is 0 Å². The summed E-state index contributed by atoms with van der Waals surface area (Å²) in [6.45, 7) is 8.59. The van der Waals surface area contributed by atoms with Crippen molar-refractivity contribution in [3.63, 3.8) is 0 Å². The van der Waals surface area contributed by atoms with Gasteiger partial charge in [-0.2, -0.15) is 0 Å². The van der Waals surface area contributed by atoms with Gasteiger partial charge in [0.05, 0.1) is 5.69 Å². The van der Waals surface area contributed by atoms with Gasteiger partial charge in [-0.15, -0.1) is 0 Å². The van der Waals surface area contributed by atoms with E-state index >= 15 is 0 Å². The number of aromatic nitrogens is 1. The number of anilines is 1. The summed E-state index contributed by atoms with van der Waals surface area (Å²) in [6, 6.07) is 0. The van der Waals surface area contributed by atoms with Gasteiger partial charge in [0.25, 0.3) is 0 Å². The molecule has 3 nitrogen and oxygen atoms in total. The molecule has 0 radical (unpaired) electrons. The largest absolute Gasteiger partial charge is 0.367 e. The summed E-state index contributed by atoms with van der Waals surface area (Å²) in [7, 11) is 0. The summed E-state index contributed by atoms with van der Waals surface area (Å²) in [6.07, 6.45) is 2.04. The fourth-order valence-corrected chi connectivity index (χ4v) is 1.11. The molecule has 0 aliphatic heterocycles. The molecule has 0 amide bonds. The van der Waals surface area contributed by atoms with E-state index < -0.39 is 0 Å². The van der Waals surface area contributed by atoms with Crippen molar-refractivity contribution in [2.75, 3.05) is 5.73 Å². The van der Waals surface area contributed by atoms with Crippen LogP contribution in [-0.2, 0) is 6.42 Å². The van der Waals surface area contributed by atoms with Gasteiger partial charge in [-0.05, 0) is 25.2 Å². The fraction of sp³-hybridized carbons (Fsp3) is 0.700. The number of rotatable bonds is 2. The average molecular weight is 182 g/mol. The van der Waals surface area contributed by atoms with Crippen LogP contribution in [0.1, 0.15) is 38.4 Å².